The molecule has 0 aliphatic carbocycles. The number of halogens is 2. The molecule has 0 bridgehead atoms. The van der Waals surface area contributed by atoms with Crippen molar-refractivity contribution in [2.75, 3.05) is 13.2 Å². The van der Waals surface area contributed by atoms with Gasteiger partial charge in [0.25, 0.3) is 0 Å². The van der Waals surface area contributed by atoms with Crippen LogP contribution >= 0.6 is 23.2 Å². The second kappa shape index (κ2) is 5.26. The molecule has 0 amide bonds. The fourth-order valence-corrected chi connectivity index (χ4v) is 2.48. The Balaban J connectivity index is 2.39. The number of hydrogen-bond donors (Lipinski definition) is 1. The van der Waals surface area contributed by atoms with Crippen LogP contribution in [-0.2, 0) is 0 Å². The Morgan fingerprint density at radius 2 is 2.06 bits per heavy atom. The van der Waals surface area contributed by atoms with Crippen molar-refractivity contribution in [3.63, 3.8) is 0 Å². The summed E-state index contributed by atoms with van der Waals surface area (Å²) < 4.78 is 5.68. The van der Waals surface area contributed by atoms with Gasteiger partial charge in [0.05, 0.1) is 16.7 Å². The van der Waals surface area contributed by atoms with Gasteiger partial charge in [-0.15, -0.1) is 0 Å². The summed E-state index contributed by atoms with van der Waals surface area (Å²) in [6.45, 7) is 1.43. The number of fused-ring (bicyclic) bond motifs is 1. The normalized spacial score (nSPS) is 19.8. The van der Waals surface area contributed by atoms with E-state index >= 15 is 0 Å². The van der Waals surface area contributed by atoms with E-state index in [2.05, 4.69) is 0 Å². The van der Waals surface area contributed by atoms with Crippen LogP contribution in [0.4, 0.5) is 0 Å². The number of rotatable bonds is 2. The van der Waals surface area contributed by atoms with Crippen molar-refractivity contribution >= 4 is 23.2 Å². The molecule has 1 heterocycles. The minimum Gasteiger partial charge on any atom is -0.493 e. The average molecular weight is 260 g/mol. The van der Waals surface area contributed by atoms with Gasteiger partial charge in [0, 0.05) is 6.07 Å². The van der Waals surface area contributed by atoms with Gasteiger partial charge in [-0.3, -0.25) is 0 Å². The second-order valence-corrected chi connectivity index (χ2v) is 4.88. The molecule has 0 radical (unpaired) electrons. The first kappa shape index (κ1) is 12.0. The van der Waals surface area contributed by atoms with Crippen molar-refractivity contribution < 1.29 is 4.74 Å². The summed E-state index contributed by atoms with van der Waals surface area (Å²) in [6.07, 6.45) is 3.12. The zero-order valence-electron chi connectivity index (χ0n) is 9.01. The number of hydrogen-bond acceptors (Lipinski definition) is 2. The zero-order chi connectivity index (χ0) is 11.5. The van der Waals surface area contributed by atoms with Crippen molar-refractivity contribution in [2.45, 2.75) is 25.2 Å². The van der Waals surface area contributed by atoms with Crippen molar-refractivity contribution in [1.82, 2.24) is 0 Å². The highest BCUT2D eigenvalue weighted by Crippen LogP contribution is 2.39. The Morgan fingerprint density at radius 3 is 2.81 bits per heavy atom. The summed E-state index contributed by atoms with van der Waals surface area (Å²) in [5, 5.41) is 1.14. The maximum Gasteiger partial charge on any atom is 0.124 e. The number of benzene rings is 1. The van der Waals surface area contributed by atoms with Crippen molar-refractivity contribution in [1.29, 1.82) is 0 Å². The van der Waals surface area contributed by atoms with Gasteiger partial charge in [0.1, 0.15) is 5.75 Å². The molecule has 4 heteroatoms. The van der Waals surface area contributed by atoms with Gasteiger partial charge in [-0.25, -0.2) is 0 Å². The molecule has 16 heavy (non-hydrogen) atoms. The lowest BCUT2D eigenvalue weighted by molar-refractivity contribution is 0.316. The molecule has 1 aromatic rings. The Bertz CT molecular complexity index is 382. The van der Waals surface area contributed by atoms with Crippen LogP contribution in [0.25, 0.3) is 0 Å². The third-order valence-electron chi connectivity index (χ3n) is 2.96. The Labute approximate surface area is 106 Å². The third kappa shape index (κ3) is 2.45. The molecule has 0 aromatic heterocycles. The average Bonchev–Trinajstić information content (AvgIpc) is 2.44. The lowest BCUT2D eigenvalue weighted by atomic mass is 9.91. The molecule has 0 spiro atoms. The summed E-state index contributed by atoms with van der Waals surface area (Å²) in [5.74, 6) is 1.31. The molecule has 0 saturated heterocycles. The maximum atomic E-state index is 6.05. The predicted octanol–water partition coefficient (Wildman–Crippen LogP) is 3.60. The summed E-state index contributed by atoms with van der Waals surface area (Å²) in [5.41, 5.74) is 6.79. The second-order valence-electron chi connectivity index (χ2n) is 4.07. The molecular formula is C12H15Cl2NO. The Morgan fingerprint density at radius 1 is 1.31 bits per heavy atom. The fraction of sp³-hybridized carbons (Fsp3) is 0.500. The van der Waals surface area contributed by atoms with E-state index in [0.717, 1.165) is 37.2 Å². The first-order chi connectivity index (χ1) is 7.72. The zero-order valence-corrected chi connectivity index (χ0v) is 10.5. The van der Waals surface area contributed by atoms with E-state index < -0.39 is 0 Å². The quantitative estimate of drug-likeness (QED) is 0.881. The minimum absolute atomic E-state index is 0.442. The molecule has 1 atom stereocenters. The van der Waals surface area contributed by atoms with E-state index in [-0.39, 0.29) is 0 Å². The third-order valence-corrected chi connectivity index (χ3v) is 3.68. The van der Waals surface area contributed by atoms with E-state index in [4.69, 9.17) is 33.7 Å². The van der Waals surface area contributed by atoms with Crippen LogP contribution in [0.3, 0.4) is 0 Å². The molecule has 0 fully saturated rings. The van der Waals surface area contributed by atoms with Crippen molar-refractivity contribution in [3.05, 3.63) is 27.7 Å². The van der Waals surface area contributed by atoms with Crippen LogP contribution in [0.5, 0.6) is 5.75 Å². The molecule has 2 N–H and O–H groups in total. The van der Waals surface area contributed by atoms with E-state index in [1.807, 2.05) is 12.1 Å². The summed E-state index contributed by atoms with van der Waals surface area (Å²) in [6, 6.07) is 3.74. The first-order valence-electron chi connectivity index (χ1n) is 5.54. The number of ether oxygens (including phenoxy) is 1. The lowest BCUT2D eigenvalue weighted by Gasteiger charge is -2.16. The van der Waals surface area contributed by atoms with Crippen molar-refractivity contribution in [3.8, 4) is 5.75 Å². The molecule has 1 aliphatic rings. The van der Waals surface area contributed by atoms with Crippen LogP contribution in [0.15, 0.2) is 12.1 Å². The van der Waals surface area contributed by atoms with Gasteiger partial charge >= 0.3 is 0 Å². The van der Waals surface area contributed by atoms with Gasteiger partial charge in [-0.05, 0) is 43.4 Å². The Kier molecular flexibility index (Phi) is 3.95. The molecular weight excluding hydrogens is 245 g/mol. The van der Waals surface area contributed by atoms with Crippen LogP contribution in [0.1, 0.15) is 30.7 Å². The SMILES string of the molecule is NCCC1CCCOc2cc(Cl)c(Cl)cc21. The first-order valence-corrected chi connectivity index (χ1v) is 6.29. The van der Waals surface area contributed by atoms with Crippen molar-refractivity contribution in [2.24, 2.45) is 5.73 Å². The largest absolute Gasteiger partial charge is 0.493 e. The smallest absolute Gasteiger partial charge is 0.124 e. The van der Waals surface area contributed by atoms with E-state index in [1.165, 1.54) is 0 Å². The van der Waals surface area contributed by atoms with Crippen LogP contribution in [-0.4, -0.2) is 13.2 Å². The lowest BCUT2D eigenvalue weighted by Crippen LogP contribution is -2.07. The van der Waals surface area contributed by atoms with E-state index in [0.29, 0.717) is 22.5 Å². The van der Waals surface area contributed by atoms with Gasteiger partial charge in [0.2, 0.25) is 0 Å². The van der Waals surface area contributed by atoms with Gasteiger partial charge < -0.3 is 10.5 Å². The number of nitrogens with two attached hydrogens (primary N) is 1. The molecule has 2 nitrogen and oxygen atoms in total. The minimum atomic E-state index is 0.442. The van der Waals surface area contributed by atoms with E-state index in [9.17, 15) is 0 Å². The molecule has 88 valence electrons. The van der Waals surface area contributed by atoms with Gasteiger partial charge in [0.15, 0.2) is 0 Å². The summed E-state index contributed by atoms with van der Waals surface area (Å²) in [7, 11) is 0. The molecule has 1 aromatic carbocycles. The monoisotopic (exact) mass is 259 g/mol. The van der Waals surface area contributed by atoms with Crippen LogP contribution < -0.4 is 10.5 Å². The summed E-state index contributed by atoms with van der Waals surface area (Å²) in [4.78, 5) is 0. The highest BCUT2D eigenvalue weighted by molar-refractivity contribution is 6.42. The van der Waals surface area contributed by atoms with Gasteiger partial charge in [-0.1, -0.05) is 23.2 Å². The topological polar surface area (TPSA) is 35.2 Å². The molecule has 0 saturated carbocycles. The van der Waals surface area contributed by atoms with Crippen LogP contribution in [0, 0.1) is 0 Å². The highest BCUT2D eigenvalue weighted by Gasteiger charge is 2.20. The molecule has 1 unspecified atom stereocenters. The van der Waals surface area contributed by atoms with Crippen LogP contribution in [0.2, 0.25) is 10.0 Å². The fourth-order valence-electron chi connectivity index (χ4n) is 2.16. The molecule has 2 rings (SSSR count). The van der Waals surface area contributed by atoms with E-state index in [1.54, 1.807) is 0 Å². The Hall–Kier alpha value is -0.440. The predicted molar refractivity (Wildman–Crippen MR) is 67.6 cm³/mol. The summed E-state index contributed by atoms with van der Waals surface area (Å²) >= 11 is 12.0. The maximum absolute atomic E-state index is 6.05. The van der Waals surface area contributed by atoms with Gasteiger partial charge in [-0.2, -0.15) is 0 Å². The molecule has 1 aliphatic heterocycles. The standard InChI is InChI=1S/C12H15Cl2NO/c13-10-6-9-8(3-4-15)2-1-5-16-12(9)7-11(10)14/h6-8H,1-5,15H2. The highest BCUT2D eigenvalue weighted by atomic mass is 35.5.